The van der Waals surface area contributed by atoms with Gasteiger partial charge in [0.25, 0.3) is 17.7 Å². The van der Waals surface area contributed by atoms with Crippen LogP contribution in [0.15, 0.2) is 48.5 Å². The summed E-state index contributed by atoms with van der Waals surface area (Å²) in [6, 6.07) is 13.3. The van der Waals surface area contributed by atoms with E-state index in [0.29, 0.717) is 29.8 Å². The minimum Gasteiger partial charge on any atom is -0.449 e. The van der Waals surface area contributed by atoms with Gasteiger partial charge in [0.1, 0.15) is 0 Å². The number of imide groups is 1. The largest absolute Gasteiger partial charge is 0.449 e. The first-order valence-corrected chi connectivity index (χ1v) is 10.5. The van der Waals surface area contributed by atoms with Crippen LogP contribution < -0.4 is 0 Å². The van der Waals surface area contributed by atoms with E-state index in [1.54, 1.807) is 60.4 Å². The smallest absolute Gasteiger partial charge is 0.338 e. The van der Waals surface area contributed by atoms with Gasteiger partial charge in [0, 0.05) is 13.1 Å². The third-order valence-electron chi connectivity index (χ3n) is 5.68. The third kappa shape index (κ3) is 4.21. The molecule has 4 rings (SSSR count). The number of nitrogens with zero attached hydrogens (tertiary/aromatic N) is 2. The molecule has 1 fully saturated rings. The Labute approximate surface area is 180 Å². The minimum absolute atomic E-state index is 0.0513. The second-order valence-electron chi connectivity index (χ2n) is 7.88. The van der Waals surface area contributed by atoms with Crippen molar-refractivity contribution >= 4 is 23.7 Å². The quantitative estimate of drug-likeness (QED) is 0.548. The van der Waals surface area contributed by atoms with Crippen LogP contribution in [0.2, 0.25) is 0 Å². The molecule has 160 valence electrons. The predicted octanol–water partition coefficient (Wildman–Crippen LogP) is 3.04. The number of carbonyl (C=O) groups excluding carboxylic acids is 4. The van der Waals surface area contributed by atoms with E-state index in [2.05, 4.69) is 0 Å². The molecule has 2 aliphatic heterocycles. The molecule has 0 aliphatic carbocycles. The average Bonchev–Trinajstić information content (AvgIpc) is 3.04. The lowest BCUT2D eigenvalue weighted by molar-refractivity contribution is -0.140. The Morgan fingerprint density at radius 2 is 1.58 bits per heavy atom. The van der Waals surface area contributed by atoms with Crippen LogP contribution in [0.25, 0.3) is 0 Å². The van der Waals surface area contributed by atoms with Crippen molar-refractivity contribution in [3.63, 3.8) is 0 Å². The molecule has 0 unspecified atom stereocenters. The molecule has 2 aromatic carbocycles. The maximum Gasteiger partial charge on any atom is 0.338 e. The summed E-state index contributed by atoms with van der Waals surface area (Å²) in [4.78, 5) is 53.2. The highest BCUT2D eigenvalue weighted by atomic mass is 16.5. The molecule has 7 nitrogen and oxygen atoms in total. The topological polar surface area (TPSA) is 84.0 Å². The summed E-state index contributed by atoms with van der Waals surface area (Å²) in [5, 5.41) is 0. The summed E-state index contributed by atoms with van der Waals surface area (Å²) in [6.45, 7) is 3.01. The summed E-state index contributed by atoms with van der Waals surface area (Å²) in [5.41, 5.74) is 1.66. The molecule has 7 heteroatoms. The Hall–Kier alpha value is -3.48. The molecule has 1 atom stereocenters. The van der Waals surface area contributed by atoms with E-state index in [1.807, 2.05) is 0 Å². The van der Waals surface area contributed by atoms with Crippen molar-refractivity contribution in [1.29, 1.82) is 0 Å². The van der Waals surface area contributed by atoms with Gasteiger partial charge < -0.3 is 9.64 Å². The van der Waals surface area contributed by atoms with Gasteiger partial charge in [0.2, 0.25) is 0 Å². The van der Waals surface area contributed by atoms with Gasteiger partial charge in [-0.3, -0.25) is 19.3 Å². The number of piperidine rings is 1. The van der Waals surface area contributed by atoms with Gasteiger partial charge in [-0.15, -0.1) is 0 Å². The van der Waals surface area contributed by atoms with Crippen LogP contribution in [-0.4, -0.2) is 52.7 Å². The lowest BCUT2D eigenvalue weighted by Crippen LogP contribution is -2.42. The van der Waals surface area contributed by atoms with Gasteiger partial charge >= 0.3 is 5.97 Å². The molecule has 2 heterocycles. The van der Waals surface area contributed by atoms with Gasteiger partial charge in [-0.05, 0) is 56.0 Å². The zero-order valence-corrected chi connectivity index (χ0v) is 17.4. The number of likely N-dealkylation sites (tertiary alicyclic amines) is 1. The molecule has 2 aromatic rings. The molecule has 0 radical (unpaired) electrons. The second-order valence-corrected chi connectivity index (χ2v) is 7.88. The molecular weight excluding hydrogens is 396 g/mol. The van der Waals surface area contributed by atoms with Crippen LogP contribution in [0.1, 0.15) is 62.8 Å². The highest BCUT2D eigenvalue weighted by molar-refractivity contribution is 6.21. The average molecular weight is 420 g/mol. The highest BCUT2D eigenvalue weighted by Crippen LogP contribution is 2.24. The van der Waals surface area contributed by atoms with E-state index in [4.69, 9.17) is 4.74 Å². The van der Waals surface area contributed by atoms with Crippen LogP contribution in [0, 0.1) is 0 Å². The van der Waals surface area contributed by atoms with Crippen LogP contribution in [-0.2, 0) is 16.1 Å². The molecule has 0 aromatic heterocycles. The van der Waals surface area contributed by atoms with Gasteiger partial charge in [-0.2, -0.15) is 0 Å². The number of hydrogen-bond acceptors (Lipinski definition) is 5. The summed E-state index contributed by atoms with van der Waals surface area (Å²) in [6.07, 6.45) is 2.17. The number of benzene rings is 2. The van der Waals surface area contributed by atoms with Crippen molar-refractivity contribution in [2.75, 3.05) is 13.1 Å². The standard InChI is InChI=1S/C24H24N2O5/c1-16(21(27)25-12-5-2-6-13-25)31-24(30)18-9-7-8-17(14-18)15-26-22(28)19-10-3-4-11-20(19)23(26)29/h3-4,7-11,14,16H,2,5-6,12-13,15H2,1H3/t16-/m0/s1. The molecular formula is C24H24N2O5. The van der Waals surface area contributed by atoms with E-state index in [1.165, 1.54) is 0 Å². The SMILES string of the molecule is C[C@H](OC(=O)c1cccc(CN2C(=O)c3ccccc3C2=O)c1)C(=O)N1CCCCC1. The lowest BCUT2D eigenvalue weighted by Gasteiger charge is -2.28. The molecule has 3 amide bonds. The monoisotopic (exact) mass is 420 g/mol. The van der Waals surface area contributed by atoms with Crippen molar-refractivity contribution in [1.82, 2.24) is 9.80 Å². The number of rotatable bonds is 5. The van der Waals surface area contributed by atoms with Crippen molar-refractivity contribution in [2.45, 2.75) is 38.8 Å². The molecule has 0 N–H and O–H groups in total. The Balaban J connectivity index is 1.42. The highest BCUT2D eigenvalue weighted by Gasteiger charge is 2.35. The Kier molecular flexibility index (Phi) is 5.84. The summed E-state index contributed by atoms with van der Waals surface area (Å²) < 4.78 is 5.39. The first kappa shape index (κ1) is 20.8. The summed E-state index contributed by atoms with van der Waals surface area (Å²) in [5.74, 6) is -1.50. The van der Waals surface area contributed by atoms with Crippen LogP contribution >= 0.6 is 0 Å². The minimum atomic E-state index is -0.870. The second kappa shape index (κ2) is 8.71. The molecule has 2 aliphatic rings. The first-order chi connectivity index (χ1) is 15.0. The fourth-order valence-electron chi connectivity index (χ4n) is 4.01. The maximum absolute atomic E-state index is 12.6. The van der Waals surface area contributed by atoms with Crippen LogP contribution in [0.3, 0.4) is 0 Å². The van der Waals surface area contributed by atoms with Gasteiger partial charge in [-0.25, -0.2) is 4.79 Å². The Morgan fingerprint density at radius 3 is 2.23 bits per heavy atom. The normalized spacial score (nSPS) is 16.8. The molecule has 31 heavy (non-hydrogen) atoms. The van der Waals surface area contributed by atoms with Crippen molar-refractivity contribution in [2.24, 2.45) is 0 Å². The fraction of sp³-hybridized carbons (Fsp3) is 0.333. The van der Waals surface area contributed by atoms with Crippen molar-refractivity contribution in [3.05, 3.63) is 70.8 Å². The van der Waals surface area contributed by atoms with E-state index in [0.717, 1.165) is 24.2 Å². The molecule has 0 bridgehead atoms. The maximum atomic E-state index is 12.6. The van der Waals surface area contributed by atoms with Crippen molar-refractivity contribution in [3.8, 4) is 0 Å². The van der Waals surface area contributed by atoms with Gasteiger partial charge in [0.05, 0.1) is 23.2 Å². The van der Waals surface area contributed by atoms with Crippen LogP contribution in [0.4, 0.5) is 0 Å². The van der Waals surface area contributed by atoms with E-state index < -0.39 is 12.1 Å². The lowest BCUT2D eigenvalue weighted by atomic mass is 10.1. The number of esters is 1. The third-order valence-corrected chi connectivity index (χ3v) is 5.68. The molecule has 0 spiro atoms. The zero-order valence-electron chi connectivity index (χ0n) is 17.4. The number of fused-ring (bicyclic) bond motifs is 1. The van der Waals surface area contributed by atoms with Crippen molar-refractivity contribution < 1.29 is 23.9 Å². The van der Waals surface area contributed by atoms with E-state index >= 15 is 0 Å². The first-order valence-electron chi connectivity index (χ1n) is 10.5. The number of carbonyl (C=O) groups is 4. The van der Waals surface area contributed by atoms with E-state index in [-0.39, 0.29) is 29.8 Å². The number of ether oxygens (including phenoxy) is 1. The fourth-order valence-corrected chi connectivity index (χ4v) is 4.01. The van der Waals surface area contributed by atoms with Crippen LogP contribution in [0.5, 0.6) is 0 Å². The summed E-state index contributed by atoms with van der Waals surface area (Å²) in [7, 11) is 0. The van der Waals surface area contributed by atoms with E-state index in [9.17, 15) is 19.2 Å². The zero-order chi connectivity index (χ0) is 22.0. The molecule has 1 saturated heterocycles. The molecule has 0 saturated carbocycles. The van der Waals surface area contributed by atoms with Gasteiger partial charge in [-0.1, -0.05) is 24.3 Å². The Morgan fingerprint density at radius 1 is 0.935 bits per heavy atom. The Bertz CT molecular complexity index is 1010. The summed E-state index contributed by atoms with van der Waals surface area (Å²) >= 11 is 0. The van der Waals surface area contributed by atoms with Gasteiger partial charge in [0.15, 0.2) is 6.10 Å². The predicted molar refractivity (Wildman–Crippen MR) is 112 cm³/mol. The number of amides is 3. The number of hydrogen-bond donors (Lipinski definition) is 0.